The summed E-state index contributed by atoms with van der Waals surface area (Å²) >= 11 is 0. The molecule has 0 unspecified atom stereocenters. The molecule has 0 saturated carbocycles. The number of hydrogen-bond donors (Lipinski definition) is 1. The molecule has 0 aliphatic carbocycles. The smallest absolute Gasteiger partial charge is 0.263 e. The highest BCUT2D eigenvalue weighted by molar-refractivity contribution is 5.94. The standard InChI is InChI=1S/C29H35N5O2/c1-22-11-19-34(20-12-22)27-29(31-16-15-30-27)36-26-9-7-24(8-10-26)28(35)32-25-13-17-33(18-14-25)21-23-5-3-2-4-6-23/h2-10,15-16,22,25H,11-14,17-21H2,1H3,(H,32,35). The van der Waals surface area contributed by atoms with E-state index in [-0.39, 0.29) is 11.9 Å². The molecule has 2 aromatic carbocycles. The maximum atomic E-state index is 12.8. The Balaban J connectivity index is 1.13. The number of carbonyl (C=O) groups excluding carboxylic acids is 1. The zero-order valence-corrected chi connectivity index (χ0v) is 21.0. The second-order valence-corrected chi connectivity index (χ2v) is 9.99. The fourth-order valence-electron chi connectivity index (χ4n) is 4.96. The molecule has 0 bridgehead atoms. The second-order valence-electron chi connectivity index (χ2n) is 9.99. The first-order valence-electron chi connectivity index (χ1n) is 13.0. The lowest BCUT2D eigenvalue weighted by Crippen LogP contribution is -2.44. The van der Waals surface area contributed by atoms with E-state index in [9.17, 15) is 4.79 Å². The van der Waals surface area contributed by atoms with E-state index in [1.807, 2.05) is 30.3 Å². The van der Waals surface area contributed by atoms with Crippen molar-refractivity contribution in [3.63, 3.8) is 0 Å². The van der Waals surface area contributed by atoms with Crippen molar-refractivity contribution < 1.29 is 9.53 Å². The van der Waals surface area contributed by atoms with Gasteiger partial charge in [0.1, 0.15) is 5.75 Å². The minimum Gasteiger partial charge on any atom is -0.436 e. The van der Waals surface area contributed by atoms with Crippen LogP contribution in [-0.2, 0) is 6.54 Å². The van der Waals surface area contributed by atoms with Gasteiger partial charge in [0.05, 0.1) is 0 Å². The van der Waals surface area contributed by atoms with Gasteiger partial charge in [0, 0.05) is 56.7 Å². The van der Waals surface area contributed by atoms with Crippen LogP contribution in [0.15, 0.2) is 67.0 Å². The minimum atomic E-state index is -0.0364. The molecular formula is C29H35N5O2. The predicted molar refractivity (Wildman–Crippen MR) is 141 cm³/mol. The van der Waals surface area contributed by atoms with E-state index in [1.54, 1.807) is 12.4 Å². The lowest BCUT2D eigenvalue weighted by molar-refractivity contribution is 0.0909. The van der Waals surface area contributed by atoms with Gasteiger partial charge in [0.15, 0.2) is 5.82 Å². The van der Waals surface area contributed by atoms with Crippen molar-refractivity contribution in [2.75, 3.05) is 31.1 Å². The van der Waals surface area contributed by atoms with Crippen molar-refractivity contribution in [1.82, 2.24) is 20.2 Å². The SMILES string of the molecule is CC1CCN(c2nccnc2Oc2ccc(C(=O)NC3CCN(Cc4ccccc4)CC3)cc2)CC1. The van der Waals surface area contributed by atoms with Crippen LogP contribution in [0.2, 0.25) is 0 Å². The molecule has 3 aromatic rings. The van der Waals surface area contributed by atoms with Gasteiger partial charge >= 0.3 is 0 Å². The first-order valence-corrected chi connectivity index (χ1v) is 13.0. The summed E-state index contributed by atoms with van der Waals surface area (Å²) in [5.74, 6) is 2.64. The Labute approximate surface area is 213 Å². The molecule has 188 valence electrons. The van der Waals surface area contributed by atoms with Crippen molar-refractivity contribution in [3.05, 3.63) is 78.1 Å². The van der Waals surface area contributed by atoms with E-state index in [2.05, 4.69) is 56.3 Å². The molecule has 36 heavy (non-hydrogen) atoms. The van der Waals surface area contributed by atoms with E-state index in [4.69, 9.17) is 4.74 Å². The minimum absolute atomic E-state index is 0.0364. The van der Waals surface area contributed by atoms with Gasteiger partial charge < -0.3 is 15.0 Å². The summed E-state index contributed by atoms with van der Waals surface area (Å²) in [5.41, 5.74) is 1.97. The molecule has 2 saturated heterocycles. The fraction of sp³-hybridized carbons (Fsp3) is 0.414. The molecular weight excluding hydrogens is 450 g/mol. The Morgan fingerprint density at radius 1 is 0.917 bits per heavy atom. The van der Waals surface area contributed by atoms with Crippen LogP contribution < -0.4 is 15.0 Å². The topological polar surface area (TPSA) is 70.6 Å². The monoisotopic (exact) mass is 485 g/mol. The number of aromatic nitrogens is 2. The molecule has 1 N–H and O–H groups in total. The van der Waals surface area contributed by atoms with E-state index >= 15 is 0 Å². The van der Waals surface area contributed by atoms with Crippen LogP contribution in [0, 0.1) is 5.92 Å². The van der Waals surface area contributed by atoms with Gasteiger partial charge in [-0.1, -0.05) is 37.3 Å². The van der Waals surface area contributed by atoms with Crippen LogP contribution in [-0.4, -0.2) is 53.0 Å². The highest BCUT2D eigenvalue weighted by atomic mass is 16.5. The van der Waals surface area contributed by atoms with Crippen LogP contribution in [0.3, 0.4) is 0 Å². The normalized spacial score (nSPS) is 17.6. The van der Waals surface area contributed by atoms with E-state index in [0.29, 0.717) is 17.2 Å². The Morgan fingerprint density at radius 2 is 1.61 bits per heavy atom. The highest BCUT2D eigenvalue weighted by Gasteiger charge is 2.23. The summed E-state index contributed by atoms with van der Waals surface area (Å²) in [6.45, 7) is 7.15. The van der Waals surface area contributed by atoms with Crippen LogP contribution >= 0.6 is 0 Å². The molecule has 2 aliphatic rings. The van der Waals surface area contributed by atoms with Crippen LogP contribution in [0.1, 0.15) is 48.5 Å². The Morgan fingerprint density at radius 3 is 2.33 bits per heavy atom. The van der Waals surface area contributed by atoms with Gasteiger partial charge in [0.2, 0.25) is 0 Å². The Hall–Kier alpha value is -3.45. The van der Waals surface area contributed by atoms with Gasteiger partial charge in [-0.25, -0.2) is 9.97 Å². The lowest BCUT2D eigenvalue weighted by Gasteiger charge is -2.32. The number of nitrogens with zero attached hydrogens (tertiary/aromatic N) is 4. The number of rotatable bonds is 7. The number of amides is 1. The molecule has 0 spiro atoms. The number of likely N-dealkylation sites (tertiary alicyclic amines) is 1. The van der Waals surface area contributed by atoms with Crippen molar-refractivity contribution >= 4 is 11.7 Å². The number of benzene rings is 2. The third-order valence-corrected chi connectivity index (χ3v) is 7.23. The summed E-state index contributed by atoms with van der Waals surface area (Å²) in [7, 11) is 0. The van der Waals surface area contributed by atoms with E-state index in [0.717, 1.165) is 70.1 Å². The summed E-state index contributed by atoms with van der Waals surface area (Å²) < 4.78 is 6.08. The fourth-order valence-corrected chi connectivity index (χ4v) is 4.96. The van der Waals surface area contributed by atoms with Gasteiger partial charge in [-0.05, 0) is 61.4 Å². The molecule has 7 nitrogen and oxygen atoms in total. The van der Waals surface area contributed by atoms with E-state index in [1.165, 1.54) is 5.56 Å². The van der Waals surface area contributed by atoms with Gasteiger partial charge in [0.25, 0.3) is 11.8 Å². The van der Waals surface area contributed by atoms with Crippen LogP contribution in [0.4, 0.5) is 5.82 Å². The molecule has 3 heterocycles. The molecule has 7 heteroatoms. The Kier molecular flexibility index (Phi) is 7.76. The zero-order chi connectivity index (χ0) is 24.7. The first-order chi connectivity index (χ1) is 17.6. The summed E-state index contributed by atoms with van der Waals surface area (Å²) in [4.78, 5) is 26.5. The van der Waals surface area contributed by atoms with Crippen molar-refractivity contribution in [1.29, 1.82) is 0 Å². The molecule has 0 atom stereocenters. The zero-order valence-electron chi connectivity index (χ0n) is 21.0. The van der Waals surface area contributed by atoms with Gasteiger partial charge in [-0.3, -0.25) is 9.69 Å². The average molecular weight is 486 g/mol. The quantitative estimate of drug-likeness (QED) is 0.513. The molecule has 0 radical (unpaired) electrons. The second kappa shape index (κ2) is 11.5. The summed E-state index contributed by atoms with van der Waals surface area (Å²) in [6, 6.07) is 18.0. The molecule has 2 fully saturated rings. The summed E-state index contributed by atoms with van der Waals surface area (Å²) in [6.07, 6.45) is 7.57. The maximum absolute atomic E-state index is 12.8. The molecule has 5 rings (SSSR count). The number of anilines is 1. The number of piperidine rings is 2. The van der Waals surface area contributed by atoms with Gasteiger partial charge in [-0.2, -0.15) is 0 Å². The predicted octanol–water partition coefficient (Wildman–Crippen LogP) is 4.90. The average Bonchev–Trinajstić information content (AvgIpc) is 2.92. The third kappa shape index (κ3) is 6.21. The number of carbonyl (C=O) groups is 1. The summed E-state index contributed by atoms with van der Waals surface area (Å²) in [5, 5.41) is 3.21. The van der Waals surface area contributed by atoms with E-state index < -0.39 is 0 Å². The lowest BCUT2D eigenvalue weighted by atomic mass is 9.99. The molecule has 1 amide bonds. The Bertz CT molecular complexity index is 1120. The first kappa shape index (κ1) is 24.3. The van der Waals surface area contributed by atoms with Crippen molar-refractivity contribution in [2.24, 2.45) is 5.92 Å². The molecule has 1 aromatic heterocycles. The van der Waals surface area contributed by atoms with Crippen molar-refractivity contribution in [2.45, 2.75) is 45.2 Å². The van der Waals surface area contributed by atoms with Crippen molar-refractivity contribution in [3.8, 4) is 11.6 Å². The number of ether oxygens (including phenoxy) is 1. The number of hydrogen-bond acceptors (Lipinski definition) is 6. The van der Waals surface area contributed by atoms with Crippen LogP contribution in [0.25, 0.3) is 0 Å². The molecule has 2 aliphatic heterocycles. The van der Waals surface area contributed by atoms with Gasteiger partial charge in [-0.15, -0.1) is 0 Å². The van der Waals surface area contributed by atoms with Crippen LogP contribution in [0.5, 0.6) is 11.6 Å². The number of nitrogens with one attached hydrogen (secondary N) is 1. The maximum Gasteiger partial charge on any atom is 0.263 e. The third-order valence-electron chi connectivity index (χ3n) is 7.23. The highest BCUT2D eigenvalue weighted by Crippen LogP contribution is 2.31. The largest absolute Gasteiger partial charge is 0.436 e.